The molecule has 0 radical (unpaired) electrons. The van der Waals surface area contributed by atoms with Crippen LogP contribution in [-0.2, 0) is 6.54 Å². The van der Waals surface area contributed by atoms with Crippen molar-refractivity contribution in [2.24, 2.45) is 0 Å². The van der Waals surface area contributed by atoms with Crippen LogP contribution in [0.15, 0.2) is 42.5 Å². The molecule has 0 aliphatic carbocycles. The molecule has 2 rings (SSSR count). The zero-order valence-corrected chi connectivity index (χ0v) is 14.4. The summed E-state index contributed by atoms with van der Waals surface area (Å²) in [6, 6.07) is 12.8. The average Bonchev–Trinajstić information content (AvgIpc) is 2.43. The van der Waals surface area contributed by atoms with Crippen molar-refractivity contribution in [3.05, 3.63) is 67.2 Å². The Kier molecular flexibility index (Phi) is 5.29. The van der Waals surface area contributed by atoms with Crippen molar-refractivity contribution >= 4 is 51.7 Å². The van der Waals surface area contributed by atoms with Crippen LogP contribution in [0.2, 0.25) is 10.0 Å². The van der Waals surface area contributed by atoms with Crippen molar-refractivity contribution in [2.45, 2.75) is 6.54 Å². The van der Waals surface area contributed by atoms with Gasteiger partial charge in [0.1, 0.15) is 0 Å². The van der Waals surface area contributed by atoms with Crippen molar-refractivity contribution < 1.29 is 4.79 Å². The molecular formula is C15H12Cl2INO. The number of halogens is 3. The monoisotopic (exact) mass is 419 g/mol. The lowest BCUT2D eigenvalue weighted by atomic mass is 10.1. The van der Waals surface area contributed by atoms with E-state index >= 15 is 0 Å². The number of hydrogen-bond acceptors (Lipinski definition) is 1. The lowest BCUT2D eigenvalue weighted by Gasteiger charge is -2.19. The average molecular weight is 420 g/mol. The van der Waals surface area contributed by atoms with E-state index < -0.39 is 0 Å². The first-order chi connectivity index (χ1) is 9.49. The minimum absolute atomic E-state index is 0.0724. The second-order valence-corrected chi connectivity index (χ2v) is 6.38. The van der Waals surface area contributed by atoms with E-state index in [4.69, 9.17) is 23.2 Å². The van der Waals surface area contributed by atoms with Crippen LogP contribution < -0.4 is 0 Å². The highest BCUT2D eigenvalue weighted by Crippen LogP contribution is 2.21. The van der Waals surface area contributed by atoms with Crippen LogP contribution in [-0.4, -0.2) is 17.9 Å². The molecule has 2 aromatic carbocycles. The minimum Gasteiger partial charge on any atom is -0.337 e. The summed E-state index contributed by atoms with van der Waals surface area (Å²) in [5, 5.41) is 1.22. The zero-order chi connectivity index (χ0) is 14.7. The molecule has 2 nitrogen and oxygen atoms in total. The molecule has 0 atom stereocenters. The molecule has 0 bridgehead atoms. The summed E-state index contributed by atoms with van der Waals surface area (Å²) in [5.74, 6) is -0.0724. The molecule has 0 aliphatic rings. The quantitative estimate of drug-likeness (QED) is 0.650. The van der Waals surface area contributed by atoms with E-state index in [1.807, 2.05) is 30.3 Å². The van der Waals surface area contributed by atoms with Gasteiger partial charge in [-0.1, -0.05) is 41.4 Å². The Bertz CT molecular complexity index is 646. The van der Waals surface area contributed by atoms with E-state index in [1.165, 1.54) is 0 Å². The second kappa shape index (κ2) is 6.78. The summed E-state index contributed by atoms with van der Waals surface area (Å²) >= 11 is 14.2. The van der Waals surface area contributed by atoms with Gasteiger partial charge in [0.2, 0.25) is 0 Å². The first-order valence-corrected chi connectivity index (χ1v) is 7.76. The van der Waals surface area contributed by atoms with Crippen molar-refractivity contribution in [2.75, 3.05) is 7.05 Å². The summed E-state index contributed by atoms with van der Waals surface area (Å²) < 4.78 is 0.878. The van der Waals surface area contributed by atoms with Gasteiger partial charge in [0.05, 0.1) is 5.56 Å². The molecular weight excluding hydrogens is 408 g/mol. The predicted octanol–water partition coefficient (Wildman–Crippen LogP) is 4.87. The Balaban J connectivity index is 2.21. The van der Waals surface area contributed by atoms with Crippen LogP contribution in [0, 0.1) is 3.57 Å². The third kappa shape index (κ3) is 3.65. The van der Waals surface area contributed by atoms with E-state index in [1.54, 1.807) is 24.1 Å². The molecule has 0 unspecified atom stereocenters. The van der Waals surface area contributed by atoms with Crippen molar-refractivity contribution in [3.63, 3.8) is 0 Å². The van der Waals surface area contributed by atoms with Crippen LogP contribution in [0.1, 0.15) is 15.9 Å². The zero-order valence-electron chi connectivity index (χ0n) is 10.7. The molecule has 104 valence electrons. The van der Waals surface area contributed by atoms with Gasteiger partial charge in [-0.05, 0) is 52.4 Å². The number of benzene rings is 2. The topological polar surface area (TPSA) is 20.3 Å². The maximum atomic E-state index is 12.5. The normalized spacial score (nSPS) is 10.4. The number of carbonyl (C=O) groups excluding carboxylic acids is 1. The number of nitrogens with zero attached hydrogens (tertiary/aromatic N) is 1. The van der Waals surface area contributed by atoms with E-state index in [0.29, 0.717) is 22.2 Å². The van der Waals surface area contributed by atoms with Gasteiger partial charge >= 0.3 is 0 Å². The molecule has 0 fully saturated rings. The Labute approximate surface area is 141 Å². The van der Waals surface area contributed by atoms with E-state index in [9.17, 15) is 4.79 Å². The van der Waals surface area contributed by atoms with Gasteiger partial charge in [-0.15, -0.1) is 0 Å². The Morgan fingerprint density at radius 2 is 1.90 bits per heavy atom. The van der Waals surface area contributed by atoms with Gasteiger partial charge in [0, 0.05) is 27.2 Å². The summed E-state index contributed by atoms with van der Waals surface area (Å²) in [5.41, 5.74) is 1.52. The van der Waals surface area contributed by atoms with Crippen molar-refractivity contribution in [1.82, 2.24) is 4.90 Å². The summed E-state index contributed by atoms with van der Waals surface area (Å²) in [7, 11) is 1.75. The van der Waals surface area contributed by atoms with Gasteiger partial charge in [-0.3, -0.25) is 4.79 Å². The number of amides is 1. The van der Waals surface area contributed by atoms with Crippen LogP contribution >= 0.6 is 45.8 Å². The van der Waals surface area contributed by atoms with Gasteiger partial charge in [0.15, 0.2) is 0 Å². The van der Waals surface area contributed by atoms with E-state index in [2.05, 4.69) is 22.6 Å². The van der Waals surface area contributed by atoms with E-state index in [-0.39, 0.29) is 5.91 Å². The van der Waals surface area contributed by atoms with Gasteiger partial charge in [-0.2, -0.15) is 0 Å². The van der Waals surface area contributed by atoms with Gasteiger partial charge in [0.25, 0.3) is 5.91 Å². The van der Waals surface area contributed by atoms with Crippen molar-refractivity contribution in [1.29, 1.82) is 0 Å². The van der Waals surface area contributed by atoms with E-state index in [0.717, 1.165) is 9.13 Å². The maximum Gasteiger partial charge on any atom is 0.255 e. The number of carbonyl (C=O) groups is 1. The SMILES string of the molecule is CN(Cc1ccccc1Cl)C(=O)c1cc(Cl)ccc1I. The smallest absolute Gasteiger partial charge is 0.255 e. The van der Waals surface area contributed by atoms with Gasteiger partial charge < -0.3 is 4.90 Å². The molecule has 0 N–H and O–H groups in total. The number of hydrogen-bond donors (Lipinski definition) is 0. The summed E-state index contributed by atoms with van der Waals surface area (Å²) in [6.45, 7) is 0.459. The molecule has 0 saturated carbocycles. The largest absolute Gasteiger partial charge is 0.337 e. The van der Waals surface area contributed by atoms with Crippen LogP contribution in [0.5, 0.6) is 0 Å². The highest BCUT2D eigenvalue weighted by molar-refractivity contribution is 14.1. The van der Waals surface area contributed by atoms with Crippen LogP contribution in [0.3, 0.4) is 0 Å². The third-order valence-corrected chi connectivity index (χ3v) is 4.42. The standard InChI is InChI=1S/C15H12Cl2INO/c1-19(9-10-4-2-3-5-13(10)17)15(20)12-8-11(16)6-7-14(12)18/h2-8H,9H2,1H3. The fourth-order valence-electron chi connectivity index (χ4n) is 1.82. The molecule has 0 spiro atoms. The molecule has 5 heteroatoms. The molecule has 0 saturated heterocycles. The predicted molar refractivity (Wildman–Crippen MR) is 91.4 cm³/mol. The molecule has 0 heterocycles. The molecule has 0 aromatic heterocycles. The second-order valence-electron chi connectivity index (χ2n) is 4.38. The lowest BCUT2D eigenvalue weighted by Crippen LogP contribution is -2.27. The third-order valence-electron chi connectivity index (χ3n) is 2.87. The highest BCUT2D eigenvalue weighted by Gasteiger charge is 2.16. The van der Waals surface area contributed by atoms with Crippen LogP contribution in [0.25, 0.3) is 0 Å². The molecule has 1 amide bonds. The molecule has 0 aliphatic heterocycles. The minimum atomic E-state index is -0.0724. The Morgan fingerprint density at radius 3 is 2.60 bits per heavy atom. The lowest BCUT2D eigenvalue weighted by molar-refractivity contribution is 0.0784. The highest BCUT2D eigenvalue weighted by atomic mass is 127. The molecule has 20 heavy (non-hydrogen) atoms. The first-order valence-electron chi connectivity index (χ1n) is 5.93. The fourth-order valence-corrected chi connectivity index (χ4v) is 2.75. The summed E-state index contributed by atoms with van der Waals surface area (Å²) in [4.78, 5) is 14.1. The van der Waals surface area contributed by atoms with Crippen LogP contribution in [0.4, 0.5) is 0 Å². The Hall–Kier alpha value is -0.780. The molecule has 2 aromatic rings. The van der Waals surface area contributed by atoms with Gasteiger partial charge in [-0.25, -0.2) is 0 Å². The van der Waals surface area contributed by atoms with Crippen molar-refractivity contribution in [3.8, 4) is 0 Å². The number of rotatable bonds is 3. The maximum absolute atomic E-state index is 12.5. The summed E-state index contributed by atoms with van der Waals surface area (Å²) in [6.07, 6.45) is 0. The fraction of sp³-hybridized carbons (Fsp3) is 0.133. The Morgan fingerprint density at radius 1 is 1.20 bits per heavy atom. The first kappa shape index (κ1) is 15.6.